The van der Waals surface area contributed by atoms with Crippen LogP contribution in [-0.4, -0.2) is 11.5 Å². The first kappa shape index (κ1) is 11.6. The zero-order valence-corrected chi connectivity index (χ0v) is 10.4. The fraction of sp³-hybridized carbons (Fsp3) is 0.643. The van der Waals surface area contributed by atoms with Gasteiger partial charge in [0.05, 0.1) is 5.69 Å². The van der Waals surface area contributed by atoms with Gasteiger partial charge in [0.2, 0.25) is 0 Å². The summed E-state index contributed by atoms with van der Waals surface area (Å²) < 4.78 is 0. The standard InChI is InChI=1S/C14H22N2/c1-3-7-14(8-9-14)11-15-10-13-6-4-5-12(2)16-13/h4-6,15H,3,7-11H2,1-2H3. The number of nitrogens with one attached hydrogen (secondary N) is 1. The first-order valence-corrected chi connectivity index (χ1v) is 6.37. The summed E-state index contributed by atoms with van der Waals surface area (Å²) in [6.07, 6.45) is 5.51. The van der Waals surface area contributed by atoms with Crippen LogP contribution in [0.3, 0.4) is 0 Å². The third-order valence-electron chi connectivity index (χ3n) is 3.49. The Balaban J connectivity index is 1.76. The number of hydrogen-bond acceptors (Lipinski definition) is 2. The second-order valence-electron chi connectivity index (χ2n) is 5.12. The highest BCUT2D eigenvalue weighted by atomic mass is 14.9. The van der Waals surface area contributed by atoms with Gasteiger partial charge in [-0.3, -0.25) is 4.98 Å². The van der Waals surface area contributed by atoms with Crippen LogP contribution in [0.25, 0.3) is 0 Å². The molecule has 1 fully saturated rings. The molecule has 1 saturated carbocycles. The Morgan fingerprint density at radius 2 is 2.19 bits per heavy atom. The predicted molar refractivity (Wildman–Crippen MR) is 67.3 cm³/mol. The first-order chi connectivity index (χ1) is 7.74. The van der Waals surface area contributed by atoms with Gasteiger partial charge in [-0.15, -0.1) is 0 Å². The van der Waals surface area contributed by atoms with E-state index in [1.807, 2.05) is 13.0 Å². The average molecular weight is 218 g/mol. The molecule has 88 valence electrons. The Morgan fingerprint density at radius 3 is 2.81 bits per heavy atom. The minimum atomic E-state index is 0.637. The van der Waals surface area contributed by atoms with Gasteiger partial charge < -0.3 is 5.32 Å². The molecule has 0 aromatic carbocycles. The lowest BCUT2D eigenvalue weighted by molar-refractivity contribution is 0.419. The second-order valence-corrected chi connectivity index (χ2v) is 5.12. The molecule has 0 bridgehead atoms. The minimum absolute atomic E-state index is 0.637. The van der Waals surface area contributed by atoms with E-state index in [9.17, 15) is 0 Å². The maximum Gasteiger partial charge on any atom is 0.0544 e. The Labute approximate surface area is 98.5 Å². The lowest BCUT2D eigenvalue weighted by Gasteiger charge is -2.14. The molecule has 16 heavy (non-hydrogen) atoms. The van der Waals surface area contributed by atoms with Crippen LogP contribution in [0, 0.1) is 12.3 Å². The Bertz CT molecular complexity index is 342. The quantitative estimate of drug-likeness (QED) is 0.793. The number of hydrogen-bond donors (Lipinski definition) is 1. The summed E-state index contributed by atoms with van der Waals surface area (Å²) in [5, 5.41) is 3.55. The molecule has 1 aromatic rings. The molecule has 0 atom stereocenters. The number of rotatable bonds is 6. The molecule has 2 heteroatoms. The van der Waals surface area contributed by atoms with Crippen molar-refractivity contribution in [3.63, 3.8) is 0 Å². The van der Waals surface area contributed by atoms with E-state index in [4.69, 9.17) is 0 Å². The van der Waals surface area contributed by atoms with Crippen molar-refractivity contribution in [3.05, 3.63) is 29.6 Å². The molecule has 0 saturated heterocycles. The monoisotopic (exact) mass is 218 g/mol. The zero-order valence-electron chi connectivity index (χ0n) is 10.4. The molecule has 2 nitrogen and oxygen atoms in total. The van der Waals surface area contributed by atoms with Crippen molar-refractivity contribution in [1.29, 1.82) is 0 Å². The van der Waals surface area contributed by atoms with E-state index in [2.05, 4.69) is 29.4 Å². The van der Waals surface area contributed by atoms with Gasteiger partial charge in [-0.05, 0) is 43.7 Å². The third kappa shape index (κ3) is 3.05. The number of aryl methyl sites for hydroxylation is 1. The Morgan fingerprint density at radius 1 is 1.38 bits per heavy atom. The molecular formula is C14H22N2. The Hall–Kier alpha value is -0.890. The normalized spacial score (nSPS) is 17.4. The molecule has 1 heterocycles. The molecule has 0 spiro atoms. The SMILES string of the molecule is CCCC1(CNCc2cccc(C)n2)CC1. The fourth-order valence-corrected chi connectivity index (χ4v) is 2.38. The summed E-state index contributed by atoms with van der Waals surface area (Å²) in [6, 6.07) is 6.22. The van der Waals surface area contributed by atoms with Crippen LogP contribution in [0.1, 0.15) is 44.0 Å². The number of nitrogens with zero attached hydrogens (tertiary/aromatic N) is 1. The summed E-state index contributed by atoms with van der Waals surface area (Å²) in [5.41, 5.74) is 2.90. The van der Waals surface area contributed by atoms with E-state index < -0.39 is 0 Å². The van der Waals surface area contributed by atoms with E-state index in [0.29, 0.717) is 5.41 Å². The minimum Gasteiger partial charge on any atom is -0.311 e. The largest absolute Gasteiger partial charge is 0.311 e. The van der Waals surface area contributed by atoms with Gasteiger partial charge in [0.15, 0.2) is 0 Å². The van der Waals surface area contributed by atoms with Crippen LogP contribution >= 0.6 is 0 Å². The molecule has 1 N–H and O–H groups in total. The molecule has 0 amide bonds. The lowest BCUT2D eigenvalue weighted by Crippen LogP contribution is -2.24. The van der Waals surface area contributed by atoms with Gasteiger partial charge in [0.1, 0.15) is 0 Å². The van der Waals surface area contributed by atoms with E-state index in [1.54, 1.807) is 0 Å². The summed E-state index contributed by atoms with van der Waals surface area (Å²) in [7, 11) is 0. The van der Waals surface area contributed by atoms with Gasteiger partial charge >= 0.3 is 0 Å². The third-order valence-corrected chi connectivity index (χ3v) is 3.49. The summed E-state index contributed by atoms with van der Waals surface area (Å²) in [6.45, 7) is 6.40. The lowest BCUT2D eigenvalue weighted by atomic mass is 10.0. The van der Waals surface area contributed by atoms with Gasteiger partial charge in [-0.1, -0.05) is 19.4 Å². The van der Waals surface area contributed by atoms with Crippen LogP contribution in [-0.2, 0) is 6.54 Å². The topological polar surface area (TPSA) is 24.9 Å². The Kier molecular flexibility index (Phi) is 3.59. The van der Waals surface area contributed by atoms with E-state index in [0.717, 1.165) is 24.5 Å². The molecule has 1 aliphatic rings. The fourth-order valence-electron chi connectivity index (χ4n) is 2.38. The number of pyridine rings is 1. The van der Waals surface area contributed by atoms with Crippen LogP contribution in [0.4, 0.5) is 0 Å². The maximum atomic E-state index is 4.50. The molecule has 0 unspecified atom stereocenters. The smallest absolute Gasteiger partial charge is 0.0544 e. The molecule has 0 radical (unpaired) electrons. The van der Waals surface area contributed by atoms with Gasteiger partial charge in [0, 0.05) is 18.8 Å². The van der Waals surface area contributed by atoms with Gasteiger partial charge in [-0.25, -0.2) is 0 Å². The molecule has 0 aliphatic heterocycles. The molecule has 2 rings (SSSR count). The van der Waals surface area contributed by atoms with Crippen LogP contribution < -0.4 is 5.32 Å². The molecular weight excluding hydrogens is 196 g/mol. The van der Waals surface area contributed by atoms with Crippen molar-refractivity contribution < 1.29 is 0 Å². The highest BCUT2D eigenvalue weighted by Crippen LogP contribution is 2.48. The maximum absolute atomic E-state index is 4.50. The molecule has 1 aromatic heterocycles. The summed E-state index contributed by atoms with van der Waals surface area (Å²) >= 11 is 0. The van der Waals surface area contributed by atoms with Gasteiger partial charge in [-0.2, -0.15) is 0 Å². The van der Waals surface area contributed by atoms with Crippen molar-refractivity contribution >= 4 is 0 Å². The van der Waals surface area contributed by atoms with Crippen molar-refractivity contribution in [2.24, 2.45) is 5.41 Å². The van der Waals surface area contributed by atoms with Crippen LogP contribution in [0.5, 0.6) is 0 Å². The summed E-state index contributed by atoms with van der Waals surface area (Å²) in [5.74, 6) is 0. The summed E-state index contributed by atoms with van der Waals surface area (Å²) in [4.78, 5) is 4.50. The van der Waals surface area contributed by atoms with Crippen LogP contribution in [0.2, 0.25) is 0 Å². The second kappa shape index (κ2) is 4.96. The zero-order chi connectivity index (χ0) is 11.4. The van der Waals surface area contributed by atoms with E-state index >= 15 is 0 Å². The highest BCUT2D eigenvalue weighted by Gasteiger charge is 2.40. The van der Waals surface area contributed by atoms with E-state index in [1.165, 1.54) is 25.7 Å². The first-order valence-electron chi connectivity index (χ1n) is 6.37. The van der Waals surface area contributed by atoms with Crippen molar-refractivity contribution in [2.75, 3.05) is 6.54 Å². The van der Waals surface area contributed by atoms with Crippen LogP contribution in [0.15, 0.2) is 18.2 Å². The predicted octanol–water partition coefficient (Wildman–Crippen LogP) is 3.06. The van der Waals surface area contributed by atoms with Crippen molar-refractivity contribution in [2.45, 2.75) is 46.1 Å². The van der Waals surface area contributed by atoms with E-state index in [-0.39, 0.29) is 0 Å². The van der Waals surface area contributed by atoms with Gasteiger partial charge in [0.25, 0.3) is 0 Å². The average Bonchev–Trinajstić information content (AvgIpc) is 2.99. The highest BCUT2D eigenvalue weighted by molar-refractivity contribution is 5.09. The van der Waals surface area contributed by atoms with Crippen molar-refractivity contribution in [3.8, 4) is 0 Å². The number of aromatic nitrogens is 1. The molecule has 1 aliphatic carbocycles. The van der Waals surface area contributed by atoms with Crippen molar-refractivity contribution in [1.82, 2.24) is 10.3 Å².